The fraction of sp³-hybridized carbons (Fsp3) is 0.583. The number of nitrogens with two attached hydrogens (primary N) is 1. The maximum absolute atomic E-state index is 5.79. The molecule has 2 heterocycles. The zero-order valence-corrected chi connectivity index (χ0v) is 9.94. The van der Waals surface area contributed by atoms with Gasteiger partial charge in [0.2, 0.25) is 0 Å². The molecule has 1 saturated heterocycles. The number of morpholine rings is 1. The van der Waals surface area contributed by atoms with Gasteiger partial charge in [0.25, 0.3) is 0 Å². The average Bonchev–Trinajstić information content (AvgIpc) is 2.28. The first-order valence-corrected chi connectivity index (χ1v) is 5.73. The van der Waals surface area contributed by atoms with Gasteiger partial charge in [0.15, 0.2) is 0 Å². The van der Waals surface area contributed by atoms with Crippen LogP contribution in [0.4, 0.5) is 5.82 Å². The summed E-state index contributed by atoms with van der Waals surface area (Å²) >= 11 is 0. The Morgan fingerprint density at radius 1 is 1.62 bits per heavy atom. The minimum absolute atomic E-state index is 0.265. The molecule has 1 atom stereocenters. The zero-order chi connectivity index (χ0) is 11.5. The van der Waals surface area contributed by atoms with Gasteiger partial charge in [-0.3, -0.25) is 0 Å². The predicted octanol–water partition coefficient (Wildman–Crippen LogP) is 1.07. The number of aromatic nitrogens is 1. The lowest BCUT2D eigenvalue weighted by atomic mass is 10.1. The summed E-state index contributed by atoms with van der Waals surface area (Å²) in [5.74, 6) is 1.03. The van der Waals surface area contributed by atoms with Crippen molar-refractivity contribution in [1.82, 2.24) is 4.98 Å². The standard InChI is InChI=1S/C12H19N3O/c1-9-3-4-14-12(11(9)7-13)15-5-6-16-10(2)8-15/h3-4,10H,5-8,13H2,1-2H3. The molecule has 0 spiro atoms. The first kappa shape index (κ1) is 11.4. The van der Waals surface area contributed by atoms with E-state index >= 15 is 0 Å². The first-order valence-electron chi connectivity index (χ1n) is 5.73. The van der Waals surface area contributed by atoms with Crippen molar-refractivity contribution in [3.05, 3.63) is 23.4 Å². The summed E-state index contributed by atoms with van der Waals surface area (Å²) < 4.78 is 5.53. The average molecular weight is 221 g/mol. The second-order valence-corrected chi connectivity index (χ2v) is 4.26. The minimum Gasteiger partial charge on any atom is -0.375 e. The molecule has 1 aliphatic rings. The predicted molar refractivity (Wildman–Crippen MR) is 64.5 cm³/mol. The Bertz CT molecular complexity index is 367. The highest BCUT2D eigenvalue weighted by Gasteiger charge is 2.20. The van der Waals surface area contributed by atoms with Crippen molar-refractivity contribution in [3.8, 4) is 0 Å². The van der Waals surface area contributed by atoms with Gasteiger partial charge in [0, 0.05) is 31.4 Å². The van der Waals surface area contributed by atoms with Gasteiger partial charge in [-0.15, -0.1) is 0 Å². The van der Waals surface area contributed by atoms with Crippen molar-refractivity contribution in [2.45, 2.75) is 26.5 Å². The monoisotopic (exact) mass is 221 g/mol. The summed E-state index contributed by atoms with van der Waals surface area (Å²) in [7, 11) is 0. The molecule has 0 saturated carbocycles. The van der Waals surface area contributed by atoms with Crippen LogP contribution in [-0.4, -0.2) is 30.8 Å². The Kier molecular flexibility index (Phi) is 3.41. The van der Waals surface area contributed by atoms with Gasteiger partial charge in [-0.25, -0.2) is 4.98 Å². The fourth-order valence-corrected chi connectivity index (χ4v) is 2.11. The molecule has 0 aromatic carbocycles. The van der Waals surface area contributed by atoms with Crippen LogP contribution in [0.1, 0.15) is 18.1 Å². The second-order valence-electron chi connectivity index (χ2n) is 4.26. The summed E-state index contributed by atoms with van der Waals surface area (Å²) in [6, 6.07) is 2.01. The molecule has 4 heteroatoms. The molecule has 1 fully saturated rings. The Morgan fingerprint density at radius 2 is 2.44 bits per heavy atom. The van der Waals surface area contributed by atoms with Gasteiger partial charge in [-0.05, 0) is 25.5 Å². The Balaban J connectivity index is 2.28. The van der Waals surface area contributed by atoms with E-state index < -0.39 is 0 Å². The normalized spacial score (nSPS) is 21.2. The molecule has 16 heavy (non-hydrogen) atoms. The van der Waals surface area contributed by atoms with Crippen LogP contribution in [0.2, 0.25) is 0 Å². The largest absolute Gasteiger partial charge is 0.375 e. The van der Waals surface area contributed by atoms with E-state index in [1.54, 1.807) is 0 Å². The third kappa shape index (κ3) is 2.18. The Morgan fingerprint density at radius 3 is 3.12 bits per heavy atom. The summed E-state index contributed by atoms with van der Waals surface area (Å²) in [4.78, 5) is 6.73. The van der Waals surface area contributed by atoms with Gasteiger partial charge in [0.1, 0.15) is 5.82 Å². The van der Waals surface area contributed by atoms with Crippen molar-refractivity contribution in [1.29, 1.82) is 0 Å². The van der Waals surface area contributed by atoms with E-state index in [2.05, 4.69) is 23.7 Å². The van der Waals surface area contributed by atoms with Gasteiger partial charge in [0.05, 0.1) is 12.7 Å². The Hall–Kier alpha value is -1.13. The molecule has 0 amide bonds. The van der Waals surface area contributed by atoms with Gasteiger partial charge in [-0.1, -0.05) is 0 Å². The van der Waals surface area contributed by atoms with Gasteiger partial charge < -0.3 is 15.4 Å². The van der Waals surface area contributed by atoms with E-state index in [-0.39, 0.29) is 6.10 Å². The van der Waals surface area contributed by atoms with Gasteiger partial charge >= 0.3 is 0 Å². The third-order valence-electron chi connectivity index (χ3n) is 3.01. The lowest BCUT2D eigenvalue weighted by Crippen LogP contribution is -2.42. The molecule has 88 valence electrons. The number of aryl methyl sites for hydroxylation is 1. The molecular formula is C12H19N3O. The molecular weight excluding hydrogens is 202 g/mol. The number of hydrogen-bond acceptors (Lipinski definition) is 4. The SMILES string of the molecule is Cc1ccnc(N2CCOC(C)C2)c1CN. The van der Waals surface area contributed by atoms with Crippen molar-refractivity contribution in [2.75, 3.05) is 24.6 Å². The highest BCUT2D eigenvalue weighted by atomic mass is 16.5. The molecule has 0 radical (unpaired) electrons. The summed E-state index contributed by atoms with van der Waals surface area (Å²) in [6.45, 7) is 7.26. The van der Waals surface area contributed by atoms with E-state index in [4.69, 9.17) is 10.5 Å². The van der Waals surface area contributed by atoms with Crippen molar-refractivity contribution in [2.24, 2.45) is 5.73 Å². The fourth-order valence-electron chi connectivity index (χ4n) is 2.11. The van der Waals surface area contributed by atoms with Crippen LogP contribution in [0.3, 0.4) is 0 Å². The van der Waals surface area contributed by atoms with Crippen LogP contribution in [0.15, 0.2) is 12.3 Å². The number of pyridine rings is 1. The topological polar surface area (TPSA) is 51.4 Å². The van der Waals surface area contributed by atoms with E-state index in [1.807, 2.05) is 12.3 Å². The number of anilines is 1. The van der Waals surface area contributed by atoms with Crippen LogP contribution in [0.25, 0.3) is 0 Å². The molecule has 0 bridgehead atoms. The molecule has 1 aromatic rings. The van der Waals surface area contributed by atoms with E-state index in [9.17, 15) is 0 Å². The molecule has 4 nitrogen and oxygen atoms in total. The minimum atomic E-state index is 0.265. The van der Waals surface area contributed by atoms with Crippen LogP contribution >= 0.6 is 0 Å². The molecule has 1 aliphatic heterocycles. The molecule has 2 rings (SSSR count). The lowest BCUT2D eigenvalue weighted by molar-refractivity contribution is 0.0529. The maximum atomic E-state index is 5.79. The first-order chi connectivity index (χ1) is 7.72. The summed E-state index contributed by atoms with van der Waals surface area (Å²) in [5, 5.41) is 0. The Labute approximate surface area is 96.4 Å². The number of nitrogens with zero attached hydrogens (tertiary/aromatic N) is 2. The zero-order valence-electron chi connectivity index (χ0n) is 9.94. The summed E-state index contributed by atoms with van der Waals surface area (Å²) in [5.41, 5.74) is 8.16. The molecule has 1 aromatic heterocycles. The molecule has 1 unspecified atom stereocenters. The highest BCUT2D eigenvalue weighted by Crippen LogP contribution is 2.22. The van der Waals surface area contributed by atoms with Crippen molar-refractivity contribution in [3.63, 3.8) is 0 Å². The van der Waals surface area contributed by atoms with Crippen molar-refractivity contribution >= 4 is 5.82 Å². The molecule has 0 aliphatic carbocycles. The lowest BCUT2D eigenvalue weighted by Gasteiger charge is -2.33. The summed E-state index contributed by atoms with van der Waals surface area (Å²) in [6.07, 6.45) is 2.12. The van der Waals surface area contributed by atoms with Crippen LogP contribution in [0.5, 0.6) is 0 Å². The van der Waals surface area contributed by atoms with Crippen LogP contribution in [0, 0.1) is 6.92 Å². The van der Waals surface area contributed by atoms with E-state index in [1.165, 1.54) is 5.56 Å². The van der Waals surface area contributed by atoms with E-state index in [0.717, 1.165) is 31.1 Å². The molecule has 2 N–H and O–H groups in total. The van der Waals surface area contributed by atoms with Gasteiger partial charge in [-0.2, -0.15) is 0 Å². The van der Waals surface area contributed by atoms with Crippen molar-refractivity contribution < 1.29 is 4.74 Å². The quantitative estimate of drug-likeness (QED) is 0.811. The van der Waals surface area contributed by atoms with Crippen LogP contribution in [-0.2, 0) is 11.3 Å². The smallest absolute Gasteiger partial charge is 0.133 e. The third-order valence-corrected chi connectivity index (χ3v) is 3.01. The second kappa shape index (κ2) is 4.80. The van der Waals surface area contributed by atoms with Crippen LogP contribution < -0.4 is 10.6 Å². The highest BCUT2D eigenvalue weighted by molar-refractivity contribution is 5.50. The maximum Gasteiger partial charge on any atom is 0.133 e. The number of ether oxygens (including phenoxy) is 1. The van der Waals surface area contributed by atoms with E-state index in [0.29, 0.717) is 6.54 Å². The number of hydrogen-bond donors (Lipinski definition) is 1. The number of rotatable bonds is 2.